The van der Waals surface area contributed by atoms with Crippen LogP contribution in [0.1, 0.15) is 59.2 Å². The molecule has 1 aromatic carbocycles. The van der Waals surface area contributed by atoms with Crippen molar-refractivity contribution in [3.05, 3.63) is 46.5 Å². The molecule has 0 atom stereocenters. The van der Waals surface area contributed by atoms with Crippen molar-refractivity contribution in [1.82, 2.24) is 4.90 Å². The molecule has 1 heterocycles. The summed E-state index contributed by atoms with van der Waals surface area (Å²) in [6, 6.07) is 6.86. The number of benzene rings is 1. The molecule has 0 bridgehead atoms. The predicted octanol–water partition coefficient (Wildman–Crippen LogP) is 3.14. The van der Waals surface area contributed by atoms with Gasteiger partial charge in [-0.05, 0) is 37.8 Å². The van der Waals surface area contributed by atoms with Gasteiger partial charge >= 0.3 is 0 Å². The Balaban J connectivity index is 1.66. The fourth-order valence-electron chi connectivity index (χ4n) is 3.16. The monoisotopic (exact) mass is 321 g/mol. The summed E-state index contributed by atoms with van der Waals surface area (Å²) in [7, 11) is 0. The SMILES string of the molecule is O=CC1=C(C#CCCN2C(=O)c3ccccc3C2=O)CCCCC1. The largest absolute Gasteiger partial charge is 0.298 e. The lowest BCUT2D eigenvalue weighted by Gasteiger charge is -2.11. The number of imide groups is 1. The number of hydrogen-bond acceptors (Lipinski definition) is 3. The quantitative estimate of drug-likeness (QED) is 0.488. The first-order valence-electron chi connectivity index (χ1n) is 8.33. The lowest BCUT2D eigenvalue weighted by atomic mass is 10.1. The summed E-state index contributed by atoms with van der Waals surface area (Å²) in [6.07, 6.45) is 6.19. The molecule has 1 aliphatic heterocycles. The van der Waals surface area contributed by atoms with Crippen LogP contribution in [0.5, 0.6) is 0 Å². The van der Waals surface area contributed by atoms with Crippen molar-refractivity contribution in [3.63, 3.8) is 0 Å². The number of rotatable bonds is 3. The molecule has 1 aliphatic carbocycles. The van der Waals surface area contributed by atoms with Crippen molar-refractivity contribution in [2.45, 2.75) is 38.5 Å². The Kier molecular flexibility index (Phi) is 4.90. The molecule has 3 rings (SSSR count). The van der Waals surface area contributed by atoms with Crippen molar-refractivity contribution in [3.8, 4) is 11.8 Å². The molecule has 0 aromatic heterocycles. The van der Waals surface area contributed by atoms with E-state index in [1.54, 1.807) is 24.3 Å². The minimum atomic E-state index is -0.250. The first-order chi connectivity index (χ1) is 11.7. The van der Waals surface area contributed by atoms with Gasteiger partial charge in [0, 0.05) is 24.1 Å². The number of allylic oxidation sites excluding steroid dienone is 2. The molecule has 0 saturated heterocycles. The molecule has 0 spiro atoms. The fourth-order valence-corrected chi connectivity index (χ4v) is 3.16. The van der Waals surface area contributed by atoms with Gasteiger partial charge in [-0.1, -0.05) is 30.4 Å². The molecule has 2 amide bonds. The highest BCUT2D eigenvalue weighted by molar-refractivity contribution is 6.21. The maximum atomic E-state index is 12.2. The second kappa shape index (κ2) is 7.27. The number of carbonyl (C=O) groups is 3. The van der Waals surface area contributed by atoms with E-state index in [4.69, 9.17) is 0 Å². The van der Waals surface area contributed by atoms with Crippen LogP contribution in [0.25, 0.3) is 0 Å². The molecular weight excluding hydrogens is 302 g/mol. The number of carbonyl (C=O) groups excluding carboxylic acids is 3. The third kappa shape index (κ3) is 3.16. The number of hydrogen-bond donors (Lipinski definition) is 0. The van der Waals surface area contributed by atoms with Crippen molar-refractivity contribution in [1.29, 1.82) is 0 Å². The highest BCUT2D eigenvalue weighted by Gasteiger charge is 2.34. The van der Waals surface area contributed by atoms with Gasteiger partial charge in [-0.25, -0.2) is 0 Å². The highest BCUT2D eigenvalue weighted by Crippen LogP contribution is 2.23. The zero-order valence-electron chi connectivity index (χ0n) is 13.5. The molecule has 0 saturated carbocycles. The summed E-state index contributed by atoms with van der Waals surface area (Å²) < 4.78 is 0. The Morgan fingerprint density at radius 1 is 1.00 bits per heavy atom. The Bertz CT molecular complexity index is 745. The van der Waals surface area contributed by atoms with Gasteiger partial charge in [-0.15, -0.1) is 0 Å². The molecule has 4 heteroatoms. The van der Waals surface area contributed by atoms with Crippen LogP contribution in [0.3, 0.4) is 0 Å². The van der Waals surface area contributed by atoms with Crippen LogP contribution in [0.4, 0.5) is 0 Å². The number of nitrogens with zero attached hydrogens (tertiary/aromatic N) is 1. The number of aldehydes is 1. The second-order valence-electron chi connectivity index (χ2n) is 6.04. The van der Waals surface area contributed by atoms with Gasteiger partial charge in [0.2, 0.25) is 0 Å². The zero-order valence-corrected chi connectivity index (χ0v) is 13.5. The van der Waals surface area contributed by atoms with Crippen molar-refractivity contribution < 1.29 is 14.4 Å². The maximum Gasteiger partial charge on any atom is 0.261 e. The van der Waals surface area contributed by atoms with Crippen molar-refractivity contribution in [2.24, 2.45) is 0 Å². The van der Waals surface area contributed by atoms with Crippen LogP contribution in [-0.4, -0.2) is 29.5 Å². The predicted molar refractivity (Wildman–Crippen MR) is 90.4 cm³/mol. The average molecular weight is 321 g/mol. The molecule has 0 radical (unpaired) electrons. The molecular formula is C20H19NO3. The van der Waals surface area contributed by atoms with E-state index in [9.17, 15) is 14.4 Å². The molecule has 1 aromatic rings. The number of fused-ring (bicyclic) bond motifs is 1. The Morgan fingerprint density at radius 3 is 2.33 bits per heavy atom. The summed E-state index contributed by atoms with van der Waals surface area (Å²) in [4.78, 5) is 36.9. The lowest BCUT2D eigenvalue weighted by molar-refractivity contribution is -0.105. The van der Waals surface area contributed by atoms with Crippen molar-refractivity contribution in [2.75, 3.05) is 6.54 Å². The normalized spacial score (nSPS) is 17.2. The van der Waals surface area contributed by atoms with Gasteiger partial charge in [-0.2, -0.15) is 0 Å². The summed E-state index contributed by atoms with van der Waals surface area (Å²) >= 11 is 0. The Hall–Kier alpha value is -2.67. The number of amides is 2. The third-order valence-corrected chi connectivity index (χ3v) is 4.48. The van der Waals surface area contributed by atoms with E-state index >= 15 is 0 Å². The summed E-state index contributed by atoms with van der Waals surface area (Å²) in [6.45, 7) is 0.281. The molecule has 122 valence electrons. The van der Waals surface area contributed by atoms with Gasteiger partial charge in [0.05, 0.1) is 11.1 Å². The van der Waals surface area contributed by atoms with E-state index in [-0.39, 0.29) is 18.4 Å². The molecule has 0 unspecified atom stereocenters. The fraction of sp³-hybridized carbons (Fsp3) is 0.350. The standard InChI is InChI=1S/C20H19NO3/c22-14-16-10-3-1-2-8-15(16)9-6-7-13-21-19(23)17-11-4-5-12-18(17)20(21)24/h4-5,11-12,14H,1-3,7-8,10,13H2. The molecule has 0 N–H and O–H groups in total. The minimum Gasteiger partial charge on any atom is -0.298 e. The van der Waals surface area contributed by atoms with Crippen LogP contribution in [0, 0.1) is 11.8 Å². The van der Waals surface area contributed by atoms with Gasteiger partial charge < -0.3 is 0 Å². The zero-order chi connectivity index (χ0) is 16.9. The van der Waals surface area contributed by atoms with E-state index in [1.807, 2.05) is 0 Å². The van der Waals surface area contributed by atoms with Crippen LogP contribution >= 0.6 is 0 Å². The molecule has 0 fully saturated rings. The first-order valence-corrected chi connectivity index (χ1v) is 8.33. The van der Waals surface area contributed by atoms with E-state index in [0.29, 0.717) is 17.5 Å². The van der Waals surface area contributed by atoms with Gasteiger partial charge in [-0.3, -0.25) is 19.3 Å². The van der Waals surface area contributed by atoms with Crippen LogP contribution in [0.15, 0.2) is 35.4 Å². The van der Waals surface area contributed by atoms with E-state index < -0.39 is 0 Å². The van der Waals surface area contributed by atoms with Crippen LogP contribution in [-0.2, 0) is 4.79 Å². The van der Waals surface area contributed by atoms with Gasteiger partial charge in [0.1, 0.15) is 6.29 Å². The Morgan fingerprint density at radius 2 is 1.67 bits per heavy atom. The maximum absolute atomic E-state index is 12.2. The first kappa shape index (κ1) is 16.2. The van der Waals surface area contributed by atoms with Gasteiger partial charge in [0.25, 0.3) is 11.8 Å². The van der Waals surface area contributed by atoms with Crippen LogP contribution in [0.2, 0.25) is 0 Å². The molecule has 4 nitrogen and oxygen atoms in total. The third-order valence-electron chi connectivity index (χ3n) is 4.48. The summed E-state index contributed by atoms with van der Waals surface area (Å²) in [5, 5.41) is 0. The topological polar surface area (TPSA) is 54.5 Å². The Labute approximate surface area is 141 Å². The second-order valence-corrected chi connectivity index (χ2v) is 6.04. The summed E-state index contributed by atoms with van der Waals surface area (Å²) in [5.41, 5.74) is 2.65. The smallest absolute Gasteiger partial charge is 0.261 e. The van der Waals surface area contributed by atoms with Gasteiger partial charge in [0.15, 0.2) is 0 Å². The molecule has 24 heavy (non-hydrogen) atoms. The van der Waals surface area contributed by atoms with E-state index in [2.05, 4.69) is 11.8 Å². The van der Waals surface area contributed by atoms with E-state index in [0.717, 1.165) is 49.5 Å². The average Bonchev–Trinajstić information content (AvgIpc) is 2.77. The lowest BCUT2D eigenvalue weighted by Crippen LogP contribution is -2.30. The van der Waals surface area contributed by atoms with E-state index in [1.165, 1.54) is 4.90 Å². The van der Waals surface area contributed by atoms with Crippen molar-refractivity contribution >= 4 is 18.1 Å². The molecule has 2 aliphatic rings. The van der Waals surface area contributed by atoms with Crippen LogP contribution < -0.4 is 0 Å². The highest BCUT2D eigenvalue weighted by atomic mass is 16.2. The minimum absolute atomic E-state index is 0.250. The summed E-state index contributed by atoms with van der Waals surface area (Å²) in [5.74, 6) is 5.61.